The monoisotopic (exact) mass is 378 g/mol. The van der Waals surface area contributed by atoms with E-state index in [1.165, 1.54) is 6.92 Å². The predicted octanol–water partition coefficient (Wildman–Crippen LogP) is 4.66. The molecule has 0 aliphatic rings. The normalized spacial score (nSPS) is 10.8. The van der Waals surface area contributed by atoms with Crippen molar-refractivity contribution in [3.05, 3.63) is 63.6 Å². The van der Waals surface area contributed by atoms with Gasteiger partial charge in [0.15, 0.2) is 5.78 Å². The van der Waals surface area contributed by atoms with Gasteiger partial charge in [0.1, 0.15) is 0 Å². The molecule has 2 aromatic rings. The van der Waals surface area contributed by atoms with Crippen LogP contribution in [0.1, 0.15) is 29.3 Å². The molecule has 0 saturated carbocycles. The van der Waals surface area contributed by atoms with Crippen LogP contribution in [0.15, 0.2) is 42.5 Å². The van der Waals surface area contributed by atoms with Gasteiger partial charge in [0, 0.05) is 30.8 Å². The molecule has 25 heavy (non-hydrogen) atoms. The van der Waals surface area contributed by atoms with Crippen molar-refractivity contribution < 1.29 is 9.59 Å². The number of nitrogens with one attached hydrogen (secondary N) is 1. The zero-order chi connectivity index (χ0) is 18.4. The summed E-state index contributed by atoms with van der Waals surface area (Å²) in [6.45, 7) is 2.80. The second kappa shape index (κ2) is 8.99. The maximum atomic E-state index is 12.0. The molecule has 132 valence electrons. The molecule has 0 aromatic heterocycles. The molecule has 0 atom stereocenters. The lowest BCUT2D eigenvalue weighted by molar-refractivity contribution is -0.116. The van der Waals surface area contributed by atoms with E-state index in [0.29, 0.717) is 40.8 Å². The molecule has 0 saturated heterocycles. The maximum Gasteiger partial charge on any atom is 0.225 e. The van der Waals surface area contributed by atoms with Crippen molar-refractivity contribution in [2.45, 2.75) is 19.9 Å². The molecule has 0 radical (unpaired) electrons. The number of rotatable bonds is 7. The number of anilines is 1. The number of Topliss-reactive ketones (excluding diaryl/α,β-unsaturated/α-hetero) is 1. The smallest absolute Gasteiger partial charge is 0.225 e. The molecule has 0 aliphatic heterocycles. The van der Waals surface area contributed by atoms with Gasteiger partial charge in [-0.25, -0.2) is 0 Å². The molecule has 0 fully saturated rings. The third-order valence-corrected chi connectivity index (χ3v) is 4.47. The maximum absolute atomic E-state index is 12.0. The quantitative estimate of drug-likeness (QED) is 0.712. The van der Waals surface area contributed by atoms with Gasteiger partial charge in [-0.2, -0.15) is 0 Å². The highest BCUT2D eigenvalue weighted by Gasteiger charge is 2.08. The average molecular weight is 379 g/mol. The Morgan fingerprint density at radius 1 is 1.04 bits per heavy atom. The van der Waals surface area contributed by atoms with Gasteiger partial charge in [-0.1, -0.05) is 29.3 Å². The Bertz CT molecular complexity index is 761. The number of ketones is 1. The number of amides is 1. The first-order chi connectivity index (χ1) is 11.8. The molecule has 0 spiro atoms. The summed E-state index contributed by atoms with van der Waals surface area (Å²) in [4.78, 5) is 25.3. The van der Waals surface area contributed by atoms with E-state index in [1.807, 2.05) is 24.1 Å². The van der Waals surface area contributed by atoms with Crippen molar-refractivity contribution in [3.63, 3.8) is 0 Å². The summed E-state index contributed by atoms with van der Waals surface area (Å²) in [5, 5.41) is 3.89. The minimum atomic E-state index is -0.0726. The van der Waals surface area contributed by atoms with Crippen molar-refractivity contribution in [1.82, 2.24) is 4.90 Å². The fourth-order valence-corrected chi connectivity index (χ4v) is 2.65. The standard InChI is InChI=1S/C19H20Cl2N2O2/c1-13(24)15-4-6-16(7-5-15)22-19(25)9-10-23(2)12-14-3-8-17(20)18(21)11-14/h3-8,11H,9-10,12H2,1-2H3,(H,22,25). The summed E-state index contributed by atoms with van der Waals surface area (Å²) in [6, 6.07) is 12.4. The number of nitrogens with zero attached hydrogens (tertiary/aromatic N) is 1. The largest absolute Gasteiger partial charge is 0.326 e. The molecule has 4 nitrogen and oxygen atoms in total. The molecular weight excluding hydrogens is 359 g/mol. The van der Waals surface area contributed by atoms with Gasteiger partial charge >= 0.3 is 0 Å². The van der Waals surface area contributed by atoms with E-state index in [0.717, 1.165) is 5.56 Å². The molecule has 6 heteroatoms. The van der Waals surface area contributed by atoms with Crippen molar-refractivity contribution in [3.8, 4) is 0 Å². The highest BCUT2D eigenvalue weighted by atomic mass is 35.5. The number of halogens is 2. The van der Waals surface area contributed by atoms with Gasteiger partial charge in [0.25, 0.3) is 0 Å². The van der Waals surface area contributed by atoms with E-state index >= 15 is 0 Å². The first-order valence-corrected chi connectivity index (χ1v) is 8.64. The van der Waals surface area contributed by atoms with Crippen molar-refractivity contribution in [1.29, 1.82) is 0 Å². The first-order valence-electron chi connectivity index (χ1n) is 7.88. The zero-order valence-corrected chi connectivity index (χ0v) is 15.7. The second-order valence-electron chi connectivity index (χ2n) is 5.92. The summed E-state index contributed by atoms with van der Waals surface area (Å²) < 4.78 is 0. The van der Waals surface area contributed by atoms with E-state index in [2.05, 4.69) is 5.32 Å². The average Bonchev–Trinajstić information content (AvgIpc) is 2.57. The van der Waals surface area contributed by atoms with E-state index in [-0.39, 0.29) is 11.7 Å². The lowest BCUT2D eigenvalue weighted by atomic mass is 10.1. The van der Waals surface area contributed by atoms with Crippen LogP contribution >= 0.6 is 23.2 Å². The van der Waals surface area contributed by atoms with E-state index in [9.17, 15) is 9.59 Å². The van der Waals surface area contributed by atoms with Crippen LogP contribution in [0.2, 0.25) is 10.0 Å². The van der Waals surface area contributed by atoms with Gasteiger partial charge in [-0.3, -0.25) is 9.59 Å². The number of carbonyl (C=O) groups excluding carboxylic acids is 2. The molecule has 0 unspecified atom stereocenters. The molecule has 2 aromatic carbocycles. The number of benzene rings is 2. The van der Waals surface area contributed by atoms with Crippen LogP contribution in [0, 0.1) is 0 Å². The van der Waals surface area contributed by atoms with Gasteiger partial charge in [-0.05, 0) is 55.9 Å². The van der Waals surface area contributed by atoms with Crippen molar-refractivity contribution in [2.24, 2.45) is 0 Å². The molecule has 0 bridgehead atoms. The highest BCUT2D eigenvalue weighted by molar-refractivity contribution is 6.42. The van der Waals surface area contributed by atoms with Crippen molar-refractivity contribution >= 4 is 40.6 Å². The van der Waals surface area contributed by atoms with Gasteiger partial charge < -0.3 is 10.2 Å². The minimum Gasteiger partial charge on any atom is -0.326 e. The Morgan fingerprint density at radius 2 is 1.72 bits per heavy atom. The van der Waals surface area contributed by atoms with Crippen LogP contribution in [-0.2, 0) is 11.3 Å². The highest BCUT2D eigenvalue weighted by Crippen LogP contribution is 2.23. The Hall–Kier alpha value is -1.88. The number of carbonyl (C=O) groups is 2. The summed E-state index contributed by atoms with van der Waals surface area (Å²) in [5.41, 5.74) is 2.35. The Balaban J connectivity index is 1.80. The van der Waals surface area contributed by atoms with E-state index in [1.54, 1.807) is 30.3 Å². The van der Waals surface area contributed by atoms with Crippen LogP contribution < -0.4 is 5.32 Å². The Kier molecular flexibility index (Phi) is 7.00. The minimum absolute atomic E-state index is 0.00167. The first kappa shape index (κ1) is 19.4. The van der Waals surface area contributed by atoms with Gasteiger partial charge in [-0.15, -0.1) is 0 Å². The van der Waals surface area contributed by atoms with Crippen molar-refractivity contribution in [2.75, 3.05) is 18.9 Å². The Labute approximate surface area is 157 Å². The fourth-order valence-electron chi connectivity index (χ4n) is 2.33. The SMILES string of the molecule is CC(=O)c1ccc(NC(=O)CCN(C)Cc2ccc(Cl)c(Cl)c2)cc1. The fraction of sp³-hybridized carbons (Fsp3) is 0.263. The lowest BCUT2D eigenvalue weighted by Crippen LogP contribution is -2.24. The summed E-state index contributed by atoms with van der Waals surface area (Å²) in [7, 11) is 1.94. The summed E-state index contributed by atoms with van der Waals surface area (Å²) >= 11 is 11.9. The second-order valence-corrected chi connectivity index (χ2v) is 6.73. The number of hydrogen-bond donors (Lipinski definition) is 1. The third-order valence-electron chi connectivity index (χ3n) is 3.73. The molecule has 2 rings (SSSR count). The lowest BCUT2D eigenvalue weighted by Gasteiger charge is -2.17. The van der Waals surface area contributed by atoms with Gasteiger partial charge in [0.2, 0.25) is 5.91 Å². The molecule has 0 aliphatic carbocycles. The topological polar surface area (TPSA) is 49.4 Å². The van der Waals surface area contributed by atoms with Crippen LogP contribution in [0.4, 0.5) is 5.69 Å². The third kappa shape index (κ3) is 6.16. The zero-order valence-electron chi connectivity index (χ0n) is 14.2. The van der Waals surface area contributed by atoms with E-state index < -0.39 is 0 Å². The van der Waals surface area contributed by atoms with Crippen LogP contribution in [0.25, 0.3) is 0 Å². The van der Waals surface area contributed by atoms with Crippen LogP contribution in [0.3, 0.4) is 0 Å². The van der Waals surface area contributed by atoms with Gasteiger partial charge in [0.05, 0.1) is 10.0 Å². The molecular formula is C19H20Cl2N2O2. The number of hydrogen-bond acceptors (Lipinski definition) is 3. The molecule has 0 heterocycles. The Morgan fingerprint density at radius 3 is 2.32 bits per heavy atom. The van der Waals surface area contributed by atoms with Crippen LogP contribution in [0.5, 0.6) is 0 Å². The summed E-state index contributed by atoms with van der Waals surface area (Å²) in [6.07, 6.45) is 0.367. The molecule has 1 N–H and O–H groups in total. The van der Waals surface area contributed by atoms with E-state index in [4.69, 9.17) is 23.2 Å². The van der Waals surface area contributed by atoms with Crippen LogP contribution in [-0.4, -0.2) is 30.2 Å². The molecule has 1 amide bonds. The summed E-state index contributed by atoms with van der Waals surface area (Å²) in [5.74, 6) is -0.0710. The predicted molar refractivity (Wildman–Crippen MR) is 102 cm³/mol.